The molecule has 5 amide bonds. The molecule has 1 aliphatic heterocycles. The Balaban J connectivity index is 1.30. The summed E-state index contributed by atoms with van der Waals surface area (Å²) in [6, 6.07) is 13.8. The molecule has 4 rings (SSSR count). The SMILES string of the molecule is CCOc1ccc(NC(=O)CN2C(=O)N(CCCC(=O)NCCc3ccc(Cl)cc3)C(=O)C3CCCCC32)cc1. The lowest BCUT2D eigenvalue weighted by Gasteiger charge is -2.46. The average molecular weight is 569 g/mol. The number of halogens is 1. The number of benzene rings is 2. The lowest BCUT2D eigenvalue weighted by molar-refractivity contribution is -0.142. The van der Waals surface area contributed by atoms with Crippen LogP contribution in [-0.4, -0.2) is 65.8 Å². The molecule has 0 aromatic heterocycles. The van der Waals surface area contributed by atoms with Crippen molar-refractivity contribution in [3.8, 4) is 5.75 Å². The van der Waals surface area contributed by atoms with E-state index < -0.39 is 6.03 Å². The van der Waals surface area contributed by atoms with Gasteiger partial charge >= 0.3 is 6.03 Å². The maximum atomic E-state index is 13.4. The number of urea groups is 1. The summed E-state index contributed by atoms with van der Waals surface area (Å²) in [5.74, 6) is -0.260. The zero-order valence-electron chi connectivity index (χ0n) is 22.9. The van der Waals surface area contributed by atoms with Crippen LogP contribution in [0.25, 0.3) is 0 Å². The van der Waals surface area contributed by atoms with E-state index in [0.717, 1.165) is 18.4 Å². The molecule has 0 spiro atoms. The first kappa shape index (κ1) is 29.4. The number of hydrogen-bond acceptors (Lipinski definition) is 5. The largest absolute Gasteiger partial charge is 0.494 e. The van der Waals surface area contributed by atoms with Gasteiger partial charge in [0.15, 0.2) is 0 Å². The zero-order chi connectivity index (χ0) is 28.5. The van der Waals surface area contributed by atoms with E-state index in [9.17, 15) is 19.2 Å². The highest BCUT2D eigenvalue weighted by atomic mass is 35.5. The minimum Gasteiger partial charge on any atom is -0.494 e. The standard InChI is InChI=1S/C30H37ClN4O5/c1-2-40-24-15-13-23(14-16-24)33-28(37)20-35-26-7-4-3-6-25(26)29(38)34(30(35)39)19-5-8-27(36)32-18-17-21-9-11-22(31)12-10-21/h9-16,25-26H,2-8,17-20H2,1H3,(H,32,36)(H,33,37). The molecule has 214 valence electrons. The van der Waals surface area contributed by atoms with Gasteiger partial charge in [0.1, 0.15) is 12.3 Å². The summed E-state index contributed by atoms with van der Waals surface area (Å²) >= 11 is 5.91. The minimum absolute atomic E-state index is 0.131. The van der Waals surface area contributed by atoms with E-state index in [-0.39, 0.29) is 49.2 Å². The van der Waals surface area contributed by atoms with E-state index in [2.05, 4.69) is 10.6 Å². The molecule has 2 atom stereocenters. The number of hydrogen-bond donors (Lipinski definition) is 2. The van der Waals surface area contributed by atoms with Gasteiger partial charge in [-0.25, -0.2) is 4.79 Å². The fraction of sp³-hybridized carbons (Fsp3) is 0.467. The fourth-order valence-electron chi connectivity index (χ4n) is 5.39. The Labute approximate surface area is 240 Å². The average Bonchev–Trinajstić information content (AvgIpc) is 2.95. The molecule has 1 saturated heterocycles. The summed E-state index contributed by atoms with van der Waals surface area (Å²) in [6.45, 7) is 2.94. The Morgan fingerprint density at radius 3 is 2.45 bits per heavy atom. The van der Waals surface area contributed by atoms with Crippen LogP contribution in [0, 0.1) is 5.92 Å². The van der Waals surface area contributed by atoms with Crippen LogP contribution in [0.15, 0.2) is 48.5 Å². The van der Waals surface area contributed by atoms with Crippen molar-refractivity contribution >= 4 is 41.0 Å². The molecule has 1 saturated carbocycles. The van der Waals surface area contributed by atoms with Crippen molar-refractivity contribution in [1.82, 2.24) is 15.1 Å². The normalized spacial score (nSPS) is 18.8. The molecule has 2 aromatic carbocycles. The number of rotatable bonds is 12. The summed E-state index contributed by atoms with van der Waals surface area (Å²) in [6.07, 6.45) is 4.45. The Morgan fingerprint density at radius 2 is 1.73 bits per heavy atom. The molecule has 9 nitrogen and oxygen atoms in total. The molecular weight excluding hydrogens is 532 g/mol. The quantitative estimate of drug-likeness (QED) is 0.388. The lowest BCUT2D eigenvalue weighted by Crippen LogP contribution is -2.63. The number of carbonyl (C=O) groups is 4. The zero-order valence-corrected chi connectivity index (χ0v) is 23.6. The molecule has 2 N–H and O–H groups in total. The van der Waals surface area contributed by atoms with E-state index >= 15 is 0 Å². The van der Waals surface area contributed by atoms with Crippen molar-refractivity contribution in [3.63, 3.8) is 0 Å². The van der Waals surface area contributed by atoms with Crippen LogP contribution in [0.2, 0.25) is 5.02 Å². The molecular formula is C30H37ClN4O5. The topological polar surface area (TPSA) is 108 Å². The van der Waals surface area contributed by atoms with E-state index in [4.69, 9.17) is 16.3 Å². The second-order valence-electron chi connectivity index (χ2n) is 10.2. The van der Waals surface area contributed by atoms with Crippen molar-refractivity contribution in [2.75, 3.05) is 31.6 Å². The highest BCUT2D eigenvalue weighted by Gasteiger charge is 2.47. The minimum atomic E-state index is -0.460. The van der Waals surface area contributed by atoms with Crippen LogP contribution in [0.5, 0.6) is 5.75 Å². The smallest absolute Gasteiger partial charge is 0.327 e. The summed E-state index contributed by atoms with van der Waals surface area (Å²) in [4.78, 5) is 54.8. The number of carbonyl (C=O) groups excluding carboxylic acids is 4. The maximum Gasteiger partial charge on any atom is 0.327 e. The summed E-state index contributed by atoms with van der Waals surface area (Å²) in [5, 5.41) is 6.40. The van der Waals surface area contributed by atoms with Crippen LogP contribution >= 0.6 is 11.6 Å². The monoisotopic (exact) mass is 568 g/mol. The molecule has 2 fully saturated rings. The van der Waals surface area contributed by atoms with Gasteiger partial charge < -0.3 is 20.3 Å². The van der Waals surface area contributed by atoms with Gasteiger partial charge in [0.05, 0.1) is 12.5 Å². The highest BCUT2D eigenvalue weighted by Crippen LogP contribution is 2.34. The summed E-state index contributed by atoms with van der Waals surface area (Å²) in [7, 11) is 0. The Kier molecular flexibility index (Phi) is 10.4. The van der Waals surface area contributed by atoms with Crippen LogP contribution in [0.4, 0.5) is 10.5 Å². The van der Waals surface area contributed by atoms with Gasteiger partial charge in [-0.05, 0) is 74.6 Å². The molecule has 2 aromatic rings. The third-order valence-electron chi connectivity index (χ3n) is 7.39. The van der Waals surface area contributed by atoms with Gasteiger partial charge in [-0.15, -0.1) is 0 Å². The number of anilines is 1. The Hall–Kier alpha value is -3.59. The van der Waals surface area contributed by atoms with Crippen LogP contribution < -0.4 is 15.4 Å². The predicted molar refractivity (Wildman–Crippen MR) is 153 cm³/mol. The molecule has 10 heteroatoms. The number of fused-ring (bicyclic) bond motifs is 1. The number of nitrogens with zero attached hydrogens (tertiary/aromatic N) is 2. The number of amides is 5. The molecule has 2 unspecified atom stereocenters. The predicted octanol–water partition coefficient (Wildman–Crippen LogP) is 4.64. The van der Waals surface area contributed by atoms with Gasteiger partial charge in [-0.2, -0.15) is 0 Å². The van der Waals surface area contributed by atoms with Crippen LogP contribution in [-0.2, 0) is 20.8 Å². The lowest BCUT2D eigenvalue weighted by atomic mass is 9.81. The van der Waals surface area contributed by atoms with E-state index in [1.165, 1.54) is 4.90 Å². The molecule has 40 heavy (non-hydrogen) atoms. The second kappa shape index (κ2) is 14.2. The first-order valence-corrected chi connectivity index (χ1v) is 14.4. The number of ether oxygens (including phenoxy) is 1. The summed E-state index contributed by atoms with van der Waals surface area (Å²) < 4.78 is 5.44. The van der Waals surface area contributed by atoms with Gasteiger partial charge in [-0.1, -0.05) is 36.6 Å². The van der Waals surface area contributed by atoms with Gasteiger partial charge in [0.25, 0.3) is 0 Å². The second-order valence-corrected chi connectivity index (χ2v) is 10.6. The van der Waals surface area contributed by atoms with Crippen molar-refractivity contribution in [2.24, 2.45) is 5.92 Å². The van der Waals surface area contributed by atoms with E-state index in [1.54, 1.807) is 29.2 Å². The third kappa shape index (κ3) is 7.75. The molecule has 2 aliphatic rings. The molecule has 0 radical (unpaired) electrons. The number of nitrogens with one attached hydrogen (secondary N) is 2. The summed E-state index contributed by atoms with van der Waals surface area (Å²) in [5.41, 5.74) is 1.68. The molecule has 0 bridgehead atoms. The molecule has 1 heterocycles. The highest BCUT2D eigenvalue weighted by molar-refractivity contribution is 6.30. The fourth-order valence-corrected chi connectivity index (χ4v) is 5.52. The van der Waals surface area contributed by atoms with E-state index in [0.29, 0.717) is 55.3 Å². The van der Waals surface area contributed by atoms with Crippen LogP contribution in [0.1, 0.15) is 51.0 Å². The van der Waals surface area contributed by atoms with Gasteiger partial charge in [0, 0.05) is 36.3 Å². The Morgan fingerprint density at radius 1 is 1.00 bits per heavy atom. The van der Waals surface area contributed by atoms with Crippen LogP contribution in [0.3, 0.4) is 0 Å². The van der Waals surface area contributed by atoms with E-state index in [1.807, 2.05) is 31.2 Å². The first-order valence-electron chi connectivity index (χ1n) is 14.0. The first-order chi connectivity index (χ1) is 19.4. The van der Waals surface area contributed by atoms with Gasteiger partial charge in [-0.3, -0.25) is 19.3 Å². The van der Waals surface area contributed by atoms with Crippen molar-refractivity contribution in [2.45, 2.75) is 57.9 Å². The number of imide groups is 1. The molecule has 1 aliphatic carbocycles. The Bertz CT molecular complexity index is 1190. The van der Waals surface area contributed by atoms with Gasteiger partial charge in [0.2, 0.25) is 17.7 Å². The maximum absolute atomic E-state index is 13.4. The third-order valence-corrected chi connectivity index (χ3v) is 7.64. The van der Waals surface area contributed by atoms with Crippen molar-refractivity contribution in [1.29, 1.82) is 0 Å². The van der Waals surface area contributed by atoms with Crippen molar-refractivity contribution in [3.05, 3.63) is 59.1 Å². The van der Waals surface area contributed by atoms with Crippen molar-refractivity contribution < 1.29 is 23.9 Å².